The fourth-order valence-electron chi connectivity index (χ4n) is 2.62. The average molecular weight is 484 g/mol. The van der Waals surface area contributed by atoms with E-state index in [1.165, 1.54) is 18.2 Å². The molecule has 8 nitrogen and oxygen atoms in total. The largest absolute Gasteiger partial charge is 0.433 e. The molecule has 0 aliphatic rings. The zero-order valence-electron chi connectivity index (χ0n) is 17.8. The van der Waals surface area contributed by atoms with E-state index in [0.29, 0.717) is 6.54 Å². The molecule has 33 heavy (non-hydrogen) atoms. The van der Waals surface area contributed by atoms with E-state index >= 15 is 0 Å². The fraction of sp³-hybridized carbons (Fsp3) is 0.300. The minimum atomic E-state index is -4.66. The van der Waals surface area contributed by atoms with E-state index in [0.717, 1.165) is 24.5 Å². The minimum absolute atomic E-state index is 0.0272. The smallest absolute Gasteiger partial charge is 0.354 e. The molecule has 0 amide bonds. The quantitative estimate of drug-likeness (QED) is 0.478. The van der Waals surface area contributed by atoms with Crippen molar-refractivity contribution in [3.05, 3.63) is 47.9 Å². The van der Waals surface area contributed by atoms with Gasteiger partial charge in [-0.3, -0.25) is 0 Å². The van der Waals surface area contributed by atoms with Crippen LogP contribution in [0.2, 0.25) is 0 Å². The molecular formula is C20H20F4N6O2S. The van der Waals surface area contributed by atoms with Gasteiger partial charge in [0, 0.05) is 18.5 Å². The monoisotopic (exact) mass is 484 g/mol. The number of hydrogen-bond acceptors (Lipinski definition) is 8. The van der Waals surface area contributed by atoms with Gasteiger partial charge in [0.1, 0.15) is 17.2 Å². The first-order valence-corrected chi connectivity index (χ1v) is 11.5. The molecule has 13 heteroatoms. The number of rotatable bonds is 7. The molecule has 0 saturated carbocycles. The van der Waals surface area contributed by atoms with Crippen LogP contribution in [0.3, 0.4) is 0 Å². The standard InChI is InChI=1S/C20H20F4N6O2S/c1-11(2)10-25-18-28-17(15-5-4-6-16(27-15)20(22,23)24)29-19(30-18)26-13-7-12(21)8-14(9-13)33(3,31)32/h4-9,11H,10H2,1-3H3,(H2,25,26,28,29,30). The number of hydrogen-bond donors (Lipinski definition) is 2. The summed E-state index contributed by atoms with van der Waals surface area (Å²) in [5, 5.41) is 5.63. The highest BCUT2D eigenvalue weighted by Crippen LogP contribution is 2.29. The molecule has 1 aromatic carbocycles. The predicted molar refractivity (Wildman–Crippen MR) is 114 cm³/mol. The molecule has 2 heterocycles. The zero-order valence-corrected chi connectivity index (χ0v) is 18.6. The Hall–Kier alpha value is -3.35. The minimum Gasteiger partial charge on any atom is -0.354 e. The van der Waals surface area contributed by atoms with Crippen LogP contribution in [0.25, 0.3) is 11.5 Å². The van der Waals surface area contributed by atoms with Gasteiger partial charge in [0.2, 0.25) is 11.9 Å². The number of sulfone groups is 1. The number of benzene rings is 1. The molecule has 0 aliphatic carbocycles. The van der Waals surface area contributed by atoms with E-state index in [1.54, 1.807) is 0 Å². The average Bonchev–Trinajstić information content (AvgIpc) is 2.70. The summed E-state index contributed by atoms with van der Waals surface area (Å²) < 4.78 is 76.8. The van der Waals surface area contributed by atoms with Gasteiger partial charge in [-0.05, 0) is 36.2 Å². The van der Waals surface area contributed by atoms with Crippen LogP contribution in [0.5, 0.6) is 0 Å². The molecule has 2 aromatic heterocycles. The highest BCUT2D eigenvalue weighted by atomic mass is 32.2. The SMILES string of the molecule is CC(C)CNc1nc(Nc2cc(F)cc(S(C)(=O)=O)c2)nc(-c2cccc(C(F)(F)F)n2)n1. The van der Waals surface area contributed by atoms with Crippen molar-refractivity contribution >= 4 is 27.4 Å². The van der Waals surface area contributed by atoms with E-state index < -0.39 is 27.5 Å². The van der Waals surface area contributed by atoms with Crippen molar-refractivity contribution in [1.29, 1.82) is 0 Å². The lowest BCUT2D eigenvalue weighted by atomic mass is 10.2. The number of nitrogens with zero attached hydrogens (tertiary/aromatic N) is 4. The van der Waals surface area contributed by atoms with Gasteiger partial charge in [0.15, 0.2) is 15.7 Å². The number of alkyl halides is 3. The predicted octanol–water partition coefficient (Wildman–Crippen LogP) is 4.31. The summed E-state index contributed by atoms with van der Waals surface area (Å²) in [6.07, 6.45) is -3.73. The summed E-state index contributed by atoms with van der Waals surface area (Å²) in [6, 6.07) is 6.38. The Morgan fingerprint density at radius 1 is 1.00 bits per heavy atom. The summed E-state index contributed by atoms with van der Waals surface area (Å²) in [7, 11) is -3.70. The molecule has 176 valence electrons. The first kappa shape index (κ1) is 24.3. The number of aromatic nitrogens is 4. The van der Waals surface area contributed by atoms with Crippen molar-refractivity contribution in [2.45, 2.75) is 24.9 Å². The molecule has 3 rings (SSSR count). The van der Waals surface area contributed by atoms with Gasteiger partial charge in [0.05, 0.1) is 4.90 Å². The van der Waals surface area contributed by atoms with Gasteiger partial charge >= 0.3 is 6.18 Å². The Labute approximate surface area is 187 Å². The van der Waals surface area contributed by atoms with Gasteiger partial charge < -0.3 is 10.6 Å². The van der Waals surface area contributed by atoms with E-state index in [4.69, 9.17) is 0 Å². The number of halogens is 4. The Balaban J connectivity index is 2.06. The summed E-state index contributed by atoms with van der Waals surface area (Å²) in [5.74, 6) is -0.864. The van der Waals surface area contributed by atoms with Crippen molar-refractivity contribution in [1.82, 2.24) is 19.9 Å². The fourth-order valence-corrected chi connectivity index (χ4v) is 3.28. The lowest BCUT2D eigenvalue weighted by Gasteiger charge is -2.12. The Morgan fingerprint density at radius 2 is 1.70 bits per heavy atom. The molecule has 0 spiro atoms. The van der Waals surface area contributed by atoms with Gasteiger partial charge in [-0.1, -0.05) is 19.9 Å². The first-order chi connectivity index (χ1) is 15.3. The number of nitrogens with one attached hydrogen (secondary N) is 2. The van der Waals surface area contributed by atoms with Crippen LogP contribution in [0.15, 0.2) is 41.3 Å². The highest BCUT2D eigenvalue weighted by Gasteiger charge is 2.32. The van der Waals surface area contributed by atoms with Crippen LogP contribution < -0.4 is 10.6 Å². The van der Waals surface area contributed by atoms with E-state index in [1.807, 2.05) is 13.8 Å². The third kappa shape index (κ3) is 6.57. The highest BCUT2D eigenvalue weighted by molar-refractivity contribution is 7.90. The van der Waals surface area contributed by atoms with Crippen LogP contribution in [0, 0.1) is 11.7 Å². The molecule has 0 fully saturated rings. The normalized spacial score (nSPS) is 12.1. The third-order valence-corrected chi connectivity index (χ3v) is 5.22. The van der Waals surface area contributed by atoms with Crippen molar-refractivity contribution in [3.63, 3.8) is 0 Å². The number of anilines is 3. The van der Waals surface area contributed by atoms with Gasteiger partial charge in [-0.15, -0.1) is 0 Å². The summed E-state index contributed by atoms with van der Waals surface area (Å²) >= 11 is 0. The van der Waals surface area contributed by atoms with E-state index in [2.05, 4.69) is 30.6 Å². The van der Waals surface area contributed by atoms with E-state index in [-0.39, 0.29) is 39.9 Å². The maximum absolute atomic E-state index is 14.0. The van der Waals surface area contributed by atoms with E-state index in [9.17, 15) is 26.0 Å². The molecule has 0 bridgehead atoms. The second kappa shape index (κ2) is 9.25. The maximum Gasteiger partial charge on any atom is 0.433 e. The van der Waals surface area contributed by atoms with Crippen LogP contribution in [0.4, 0.5) is 35.1 Å². The molecular weight excluding hydrogens is 464 g/mol. The van der Waals surface area contributed by atoms with Crippen LogP contribution in [0.1, 0.15) is 19.5 Å². The Kier molecular flexibility index (Phi) is 6.81. The second-order valence-corrected chi connectivity index (χ2v) is 9.58. The Morgan fingerprint density at radius 3 is 2.33 bits per heavy atom. The molecule has 0 unspecified atom stereocenters. The van der Waals surface area contributed by atoms with Crippen molar-refractivity contribution in [2.24, 2.45) is 5.92 Å². The van der Waals surface area contributed by atoms with Crippen LogP contribution in [-0.4, -0.2) is 41.2 Å². The maximum atomic E-state index is 14.0. The Bertz CT molecular complexity index is 1270. The molecule has 2 N–H and O–H groups in total. The summed E-state index contributed by atoms with van der Waals surface area (Å²) in [5.41, 5.74) is -1.24. The first-order valence-electron chi connectivity index (χ1n) is 9.63. The van der Waals surface area contributed by atoms with Crippen molar-refractivity contribution in [2.75, 3.05) is 23.4 Å². The molecule has 0 radical (unpaired) electrons. The third-order valence-electron chi connectivity index (χ3n) is 4.13. The number of pyridine rings is 1. The molecule has 0 atom stereocenters. The van der Waals surface area contributed by atoms with Crippen molar-refractivity contribution in [3.8, 4) is 11.5 Å². The summed E-state index contributed by atoms with van der Waals surface area (Å²) in [4.78, 5) is 15.7. The molecule has 3 aromatic rings. The van der Waals surface area contributed by atoms with Gasteiger partial charge in [0.25, 0.3) is 0 Å². The topological polar surface area (TPSA) is 110 Å². The van der Waals surface area contributed by atoms with Crippen LogP contribution >= 0.6 is 0 Å². The zero-order chi connectivity index (χ0) is 24.4. The van der Waals surface area contributed by atoms with Crippen LogP contribution in [-0.2, 0) is 16.0 Å². The second-order valence-electron chi connectivity index (χ2n) is 7.56. The lowest BCUT2D eigenvalue weighted by molar-refractivity contribution is -0.141. The van der Waals surface area contributed by atoms with Gasteiger partial charge in [-0.2, -0.15) is 28.1 Å². The summed E-state index contributed by atoms with van der Waals surface area (Å²) in [6.45, 7) is 4.32. The van der Waals surface area contributed by atoms with Gasteiger partial charge in [-0.25, -0.2) is 17.8 Å². The molecule has 0 aliphatic heterocycles. The molecule has 0 saturated heterocycles. The van der Waals surface area contributed by atoms with Crippen molar-refractivity contribution < 1.29 is 26.0 Å². The lowest BCUT2D eigenvalue weighted by Crippen LogP contribution is -2.13.